The lowest BCUT2D eigenvalue weighted by atomic mass is 9.88. The number of aromatic nitrogens is 4. The Bertz CT molecular complexity index is 883. The number of nitrogens with zero attached hydrogens (tertiary/aromatic N) is 6. The summed E-state index contributed by atoms with van der Waals surface area (Å²) >= 11 is 0. The van der Waals surface area contributed by atoms with Crippen LogP contribution >= 0.6 is 0 Å². The largest absolute Gasteiger partial charge is 0.474 e. The maximum Gasteiger partial charge on any atom is 0.409 e. The average Bonchev–Trinajstić information content (AvgIpc) is 2.76. The molecular weight excluding hydrogens is 390 g/mol. The molecule has 30 heavy (non-hydrogen) atoms. The van der Waals surface area contributed by atoms with Gasteiger partial charge in [-0.25, -0.2) is 19.7 Å². The number of methoxy groups -OCH3 is 1. The molecule has 3 heterocycles. The van der Waals surface area contributed by atoms with E-state index < -0.39 is 0 Å². The third-order valence-corrected chi connectivity index (χ3v) is 5.32. The molecule has 1 aliphatic carbocycles. The first kappa shape index (κ1) is 20.1. The van der Waals surface area contributed by atoms with Crippen LogP contribution in [0.1, 0.15) is 12.8 Å². The first-order valence-corrected chi connectivity index (χ1v) is 9.80. The molecule has 11 nitrogen and oxygen atoms in total. The van der Waals surface area contributed by atoms with Gasteiger partial charge in [0, 0.05) is 63.0 Å². The Morgan fingerprint density at radius 3 is 2.60 bits per heavy atom. The number of carbonyl (C=O) groups excluding carboxylic acids is 1. The van der Waals surface area contributed by atoms with E-state index in [1.165, 1.54) is 7.11 Å². The van der Waals surface area contributed by atoms with Crippen molar-refractivity contribution in [3.8, 4) is 17.1 Å². The second kappa shape index (κ2) is 8.66. The summed E-state index contributed by atoms with van der Waals surface area (Å²) in [6.45, 7) is 2.66. The first-order valence-electron chi connectivity index (χ1n) is 9.80. The molecule has 160 valence electrons. The highest BCUT2D eigenvalue weighted by atomic mass is 16.5. The van der Waals surface area contributed by atoms with E-state index >= 15 is 0 Å². The second-order valence-electron chi connectivity index (χ2n) is 7.27. The molecule has 11 heteroatoms. The van der Waals surface area contributed by atoms with Gasteiger partial charge in [-0.3, -0.25) is 0 Å². The van der Waals surface area contributed by atoms with Crippen LogP contribution in [-0.4, -0.2) is 83.5 Å². The number of rotatable bonds is 5. The summed E-state index contributed by atoms with van der Waals surface area (Å²) in [5.41, 5.74) is 6.98. The van der Waals surface area contributed by atoms with Crippen LogP contribution in [0.2, 0.25) is 0 Å². The molecule has 0 unspecified atom stereocenters. The predicted molar refractivity (Wildman–Crippen MR) is 108 cm³/mol. The predicted octanol–water partition coefficient (Wildman–Crippen LogP) is 0.960. The highest BCUT2D eigenvalue weighted by Gasteiger charge is 2.36. The van der Waals surface area contributed by atoms with Gasteiger partial charge in [0.15, 0.2) is 0 Å². The van der Waals surface area contributed by atoms with Crippen molar-refractivity contribution in [1.82, 2.24) is 24.8 Å². The summed E-state index contributed by atoms with van der Waals surface area (Å²) in [5, 5.41) is 0. The smallest absolute Gasteiger partial charge is 0.409 e. The average molecular weight is 415 g/mol. The van der Waals surface area contributed by atoms with E-state index in [0.717, 1.165) is 5.56 Å². The molecule has 2 N–H and O–H groups in total. The van der Waals surface area contributed by atoms with Crippen LogP contribution in [-0.2, 0) is 9.47 Å². The van der Waals surface area contributed by atoms with Crippen LogP contribution in [0.4, 0.5) is 16.7 Å². The minimum atomic E-state index is -0.347. The van der Waals surface area contributed by atoms with Gasteiger partial charge in [-0.2, -0.15) is 4.98 Å². The summed E-state index contributed by atoms with van der Waals surface area (Å²) in [6.07, 6.45) is 4.29. The zero-order valence-corrected chi connectivity index (χ0v) is 17.0. The number of ether oxygens (including phenoxy) is 3. The van der Waals surface area contributed by atoms with Crippen LogP contribution in [0.5, 0.6) is 5.88 Å². The number of anilines is 2. The second-order valence-corrected chi connectivity index (χ2v) is 7.27. The van der Waals surface area contributed by atoms with Crippen LogP contribution in [0.25, 0.3) is 11.3 Å². The van der Waals surface area contributed by atoms with Gasteiger partial charge >= 0.3 is 6.09 Å². The SMILES string of the molecule is COC(=O)N(C)[C@H]1C[C@H](Oc2cc(-c3cnc(N)nc3)nc(N3CCOCC3)n2)C1. The molecule has 4 rings (SSSR count). The Morgan fingerprint density at radius 2 is 1.93 bits per heavy atom. The Labute approximate surface area is 174 Å². The van der Waals surface area contributed by atoms with Crippen molar-refractivity contribution in [2.75, 3.05) is 51.1 Å². The summed E-state index contributed by atoms with van der Waals surface area (Å²) in [5.74, 6) is 1.25. The van der Waals surface area contributed by atoms with E-state index in [9.17, 15) is 4.79 Å². The van der Waals surface area contributed by atoms with Gasteiger partial charge in [0.2, 0.25) is 17.8 Å². The highest BCUT2D eigenvalue weighted by molar-refractivity contribution is 5.67. The third kappa shape index (κ3) is 4.35. The number of morpholine rings is 1. The van der Waals surface area contributed by atoms with E-state index in [-0.39, 0.29) is 24.2 Å². The van der Waals surface area contributed by atoms with Crippen molar-refractivity contribution in [3.05, 3.63) is 18.5 Å². The highest BCUT2D eigenvalue weighted by Crippen LogP contribution is 2.31. The molecule has 0 spiro atoms. The topological polar surface area (TPSA) is 129 Å². The molecule has 1 amide bonds. The molecule has 0 bridgehead atoms. The zero-order valence-electron chi connectivity index (χ0n) is 17.0. The molecule has 0 aromatic carbocycles. The number of amides is 1. The van der Waals surface area contributed by atoms with Crippen LogP contribution in [0.15, 0.2) is 18.5 Å². The number of hydrogen-bond donors (Lipinski definition) is 1. The van der Waals surface area contributed by atoms with E-state index in [1.807, 2.05) is 0 Å². The molecule has 2 aliphatic rings. The van der Waals surface area contributed by atoms with E-state index in [1.54, 1.807) is 30.4 Å². The maximum atomic E-state index is 11.7. The van der Waals surface area contributed by atoms with Gasteiger partial charge in [0.05, 0.1) is 26.0 Å². The summed E-state index contributed by atoms with van der Waals surface area (Å²) in [4.78, 5) is 32.7. The molecule has 2 fully saturated rings. The maximum absolute atomic E-state index is 11.7. The lowest BCUT2D eigenvalue weighted by molar-refractivity contribution is 0.0248. The van der Waals surface area contributed by atoms with Crippen LogP contribution in [0.3, 0.4) is 0 Å². The Hall–Kier alpha value is -3.21. The van der Waals surface area contributed by atoms with E-state index in [2.05, 4.69) is 24.8 Å². The Kier molecular flexibility index (Phi) is 5.79. The van der Waals surface area contributed by atoms with Crippen molar-refractivity contribution in [1.29, 1.82) is 0 Å². The van der Waals surface area contributed by atoms with Crippen LogP contribution < -0.4 is 15.4 Å². The van der Waals surface area contributed by atoms with Gasteiger partial charge in [0.25, 0.3) is 0 Å². The zero-order chi connectivity index (χ0) is 21.1. The minimum Gasteiger partial charge on any atom is -0.474 e. The summed E-state index contributed by atoms with van der Waals surface area (Å²) in [7, 11) is 3.11. The third-order valence-electron chi connectivity index (χ3n) is 5.32. The Balaban J connectivity index is 1.52. The van der Waals surface area contributed by atoms with Gasteiger partial charge in [-0.1, -0.05) is 0 Å². The van der Waals surface area contributed by atoms with E-state index in [4.69, 9.17) is 19.9 Å². The van der Waals surface area contributed by atoms with Gasteiger partial charge in [0.1, 0.15) is 6.10 Å². The first-order chi connectivity index (χ1) is 14.5. The Morgan fingerprint density at radius 1 is 1.23 bits per heavy atom. The normalized spacial score (nSPS) is 20.9. The van der Waals surface area contributed by atoms with Crippen molar-refractivity contribution < 1.29 is 19.0 Å². The molecule has 0 atom stereocenters. The number of nitrogen functional groups attached to an aromatic ring is 1. The van der Waals surface area contributed by atoms with Gasteiger partial charge in [-0.05, 0) is 0 Å². The molecule has 2 aromatic rings. The van der Waals surface area contributed by atoms with Gasteiger partial charge < -0.3 is 29.7 Å². The number of hydrogen-bond acceptors (Lipinski definition) is 10. The van der Waals surface area contributed by atoms with Crippen molar-refractivity contribution in [3.63, 3.8) is 0 Å². The molecule has 1 aliphatic heterocycles. The molecular formula is C19H25N7O4. The van der Waals surface area contributed by atoms with Crippen molar-refractivity contribution in [2.24, 2.45) is 0 Å². The quantitative estimate of drug-likeness (QED) is 0.754. The number of carbonyl (C=O) groups is 1. The summed E-state index contributed by atoms with van der Waals surface area (Å²) < 4.78 is 16.3. The van der Waals surface area contributed by atoms with Gasteiger partial charge in [-0.15, -0.1) is 0 Å². The van der Waals surface area contributed by atoms with Crippen LogP contribution in [0, 0.1) is 0 Å². The standard InChI is InChI=1S/C19H25N7O4/c1-25(19(27)28-2)13-7-14(8-13)30-16-9-15(12-10-21-17(20)22-11-12)23-18(24-16)26-3-5-29-6-4-26/h9-11,13-14H,3-8H2,1-2H3,(H2,20,21,22)/t13-,14-. The lowest BCUT2D eigenvalue weighted by Gasteiger charge is -2.39. The molecule has 0 radical (unpaired) electrons. The number of nitrogens with two attached hydrogens (primary N) is 1. The molecule has 1 saturated carbocycles. The monoisotopic (exact) mass is 415 g/mol. The lowest BCUT2D eigenvalue weighted by Crippen LogP contribution is -2.49. The fourth-order valence-electron chi connectivity index (χ4n) is 3.41. The fourth-order valence-corrected chi connectivity index (χ4v) is 3.41. The van der Waals surface area contributed by atoms with E-state index in [0.29, 0.717) is 56.7 Å². The van der Waals surface area contributed by atoms with Crippen molar-refractivity contribution in [2.45, 2.75) is 25.0 Å². The molecule has 2 aromatic heterocycles. The summed E-state index contributed by atoms with van der Waals surface area (Å²) in [6, 6.07) is 1.86. The molecule has 1 saturated heterocycles. The fraction of sp³-hybridized carbons (Fsp3) is 0.526. The minimum absolute atomic E-state index is 0.0370. The van der Waals surface area contributed by atoms with Crippen molar-refractivity contribution >= 4 is 18.0 Å².